The number of hydrogen-bond donors (Lipinski definition) is 0. The van der Waals surface area contributed by atoms with Crippen molar-refractivity contribution in [1.82, 2.24) is 4.98 Å². The molecule has 0 amide bonds. The maximum atomic E-state index is 5.39. The van der Waals surface area contributed by atoms with Crippen molar-refractivity contribution in [2.75, 3.05) is 0 Å². The van der Waals surface area contributed by atoms with E-state index in [0.717, 1.165) is 40.6 Å². The van der Waals surface area contributed by atoms with Gasteiger partial charge in [0, 0.05) is 16.5 Å². The predicted octanol–water partition coefficient (Wildman–Crippen LogP) is 13.3. The van der Waals surface area contributed by atoms with Gasteiger partial charge < -0.3 is 0 Å². The van der Waals surface area contributed by atoms with E-state index in [2.05, 4.69) is 152 Å². The van der Waals surface area contributed by atoms with Crippen LogP contribution in [-0.4, -0.2) is 4.98 Å². The quantitative estimate of drug-likeness (QED) is 0.183. The van der Waals surface area contributed by atoms with Crippen LogP contribution in [0.1, 0.15) is 43.2 Å². The van der Waals surface area contributed by atoms with E-state index in [1.807, 2.05) is 0 Å². The molecule has 52 heavy (non-hydrogen) atoms. The molecule has 0 N–H and O–H groups in total. The highest BCUT2D eigenvalue weighted by atomic mass is 14.7. The molecule has 4 saturated carbocycles. The molecule has 1 spiro atoms. The van der Waals surface area contributed by atoms with Crippen molar-refractivity contribution in [3.8, 4) is 44.8 Å². The minimum Gasteiger partial charge on any atom is -0.248 e. The number of rotatable bonds is 3. The minimum absolute atomic E-state index is 0.109. The lowest BCUT2D eigenvalue weighted by atomic mass is 9.43. The van der Waals surface area contributed by atoms with Crippen molar-refractivity contribution < 1.29 is 0 Å². The van der Waals surface area contributed by atoms with Crippen LogP contribution in [0, 0.1) is 23.7 Å². The highest BCUT2D eigenvalue weighted by Crippen LogP contribution is 2.70. The van der Waals surface area contributed by atoms with Crippen molar-refractivity contribution in [2.45, 2.75) is 37.5 Å². The summed E-state index contributed by atoms with van der Waals surface area (Å²) in [7, 11) is 0. The third kappa shape index (κ3) is 4.08. The van der Waals surface area contributed by atoms with Gasteiger partial charge in [-0.3, -0.25) is 0 Å². The minimum atomic E-state index is 0.109. The van der Waals surface area contributed by atoms with Crippen molar-refractivity contribution in [3.63, 3.8) is 0 Å². The first kappa shape index (κ1) is 29.1. The average molecular weight is 666 g/mol. The Bertz CT molecular complexity index is 2730. The molecule has 4 fully saturated rings. The molecule has 5 aliphatic rings. The summed E-state index contributed by atoms with van der Waals surface area (Å²) in [4.78, 5) is 5.39. The SMILES string of the molecule is c1ccc(-c2cc(-c3ccc4ccccc4c3)nc(-c3ccc4c5c(ccc4c3)-c3cc4ccccc4cc3C53C4CC5CC(C4)CC3C5)c2)cc1. The first-order valence-electron chi connectivity index (χ1n) is 19.4. The molecule has 13 rings (SSSR count). The van der Waals surface area contributed by atoms with Crippen molar-refractivity contribution >= 4 is 32.3 Å². The van der Waals surface area contributed by atoms with E-state index >= 15 is 0 Å². The summed E-state index contributed by atoms with van der Waals surface area (Å²) in [5.41, 5.74) is 13.1. The molecule has 1 aromatic heterocycles. The van der Waals surface area contributed by atoms with Crippen molar-refractivity contribution in [3.05, 3.63) is 163 Å². The molecule has 248 valence electrons. The fraction of sp³-hybridized carbons (Fsp3) is 0.196. The lowest BCUT2D eigenvalue weighted by Gasteiger charge is -2.61. The van der Waals surface area contributed by atoms with Gasteiger partial charge in [-0.25, -0.2) is 4.98 Å². The zero-order valence-corrected chi connectivity index (χ0v) is 29.2. The third-order valence-electron chi connectivity index (χ3n) is 13.8. The monoisotopic (exact) mass is 665 g/mol. The second kappa shape index (κ2) is 10.7. The molecular formula is C51H39N. The fourth-order valence-electron chi connectivity index (χ4n) is 11.8. The molecule has 1 nitrogen and oxygen atoms in total. The molecule has 7 aromatic carbocycles. The van der Waals surface area contributed by atoms with Gasteiger partial charge in [0.25, 0.3) is 0 Å². The molecule has 0 aliphatic heterocycles. The number of hydrogen-bond acceptors (Lipinski definition) is 1. The molecule has 0 saturated heterocycles. The second-order valence-corrected chi connectivity index (χ2v) is 16.4. The Labute approximate surface area is 305 Å². The largest absolute Gasteiger partial charge is 0.248 e. The van der Waals surface area contributed by atoms with Crippen LogP contribution in [0.15, 0.2) is 152 Å². The van der Waals surface area contributed by atoms with E-state index in [1.54, 1.807) is 11.1 Å². The van der Waals surface area contributed by atoms with Crippen LogP contribution in [0.25, 0.3) is 77.1 Å². The van der Waals surface area contributed by atoms with Gasteiger partial charge in [-0.2, -0.15) is 0 Å². The van der Waals surface area contributed by atoms with E-state index in [4.69, 9.17) is 4.98 Å². The zero-order valence-electron chi connectivity index (χ0n) is 29.2. The summed E-state index contributed by atoms with van der Waals surface area (Å²) >= 11 is 0. The van der Waals surface area contributed by atoms with E-state index in [9.17, 15) is 0 Å². The third-order valence-corrected chi connectivity index (χ3v) is 13.8. The van der Waals surface area contributed by atoms with Gasteiger partial charge in [0.2, 0.25) is 0 Å². The van der Waals surface area contributed by atoms with Crippen LogP contribution in [0.3, 0.4) is 0 Å². The van der Waals surface area contributed by atoms with Crippen LogP contribution in [0.2, 0.25) is 0 Å². The maximum Gasteiger partial charge on any atom is 0.0715 e. The molecule has 5 aliphatic carbocycles. The number of aromatic nitrogens is 1. The molecule has 4 bridgehead atoms. The lowest BCUT2D eigenvalue weighted by Crippen LogP contribution is -2.55. The highest BCUT2D eigenvalue weighted by molar-refractivity contribution is 6.02. The fourth-order valence-corrected chi connectivity index (χ4v) is 11.8. The van der Waals surface area contributed by atoms with Gasteiger partial charge in [-0.1, -0.05) is 115 Å². The van der Waals surface area contributed by atoms with Gasteiger partial charge in [0.1, 0.15) is 0 Å². The zero-order chi connectivity index (χ0) is 34.0. The summed E-state index contributed by atoms with van der Waals surface area (Å²) in [6.45, 7) is 0. The molecule has 1 heteroatoms. The Hall–Kier alpha value is -5.53. The molecule has 1 heterocycles. The Kier molecular flexibility index (Phi) is 6.01. The lowest BCUT2D eigenvalue weighted by molar-refractivity contribution is -0.0393. The average Bonchev–Trinajstić information content (AvgIpc) is 3.48. The number of nitrogens with zero attached hydrogens (tertiary/aromatic N) is 1. The van der Waals surface area contributed by atoms with E-state index in [-0.39, 0.29) is 5.41 Å². The van der Waals surface area contributed by atoms with Crippen molar-refractivity contribution in [2.24, 2.45) is 23.7 Å². The van der Waals surface area contributed by atoms with Gasteiger partial charge in [0.15, 0.2) is 0 Å². The smallest absolute Gasteiger partial charge is 0.0715 e. The van der Waals surface area contributed by atoms with Gasteiger partial charge in [-0.15, -0.1) is 0 Å². The van der Waals surface area contributed by atoms with Gasteiger partial charge in [-0.05, 0) is 158 Å². The molecular weight excluding hydrogens is 627 g/mol. The van der Waals surface area contributed by atoms with Crippen LogP contribution >= 0.6 is 0 Å². The van der Waals surface area contributed by atoms with E-state index in [1.165, 1.54) is 92.2 Å². The summed E-state index contributed by atoms with van der Waals surface area (Å²) in [6.07, 6.45) is 7.03. The van der Waals surface area contributed by atoms with E-state index < -0.39 is 0 Å². The van der Waals surface area contributed by atoms with E-state index in [0.29, 0.717) is 0 Å². The molecule has 0 radical (unpaired) electrons. The van der Waals surface area contributed by atoms with Gasteiger partial charge >= 0.3 is 0 Å². The number of fused-ring (bicyclic) bond motifs is 7. The molecule has 0 unspecified atom stereocenters. The van der Waals surface area contributed by atoms with Crippen LogP contribution in [0.5, 0.6) is 0 Å². The normalized spacial score (nSPS) is 23.8. The Morgan fingerprint density at radius 2 is 0.981 bits per heavy atom. The standard InChI is InChI=1S/C51H39N/c1-2-8-33(9-3-1)41-29-48(39-15-14-34-10-4-5-11-35(34)25-39)52-49(30-41)40-17-18-44-38(26-40)16-19-45-46-27-36-12-6-7-13-37(36)28-47(46)51(50(44)45)42-21-31-20-32(23-42)24-43(51)22-31/h1-19,25-32,42-43H,20-24H2. The Morgan fingerprint density at radius 3 is 1.69 bits per heavy atom. The van der Waals surface area contributed by atoms with Crippen molar-refractivity contribution in [1.29, 1.82) is 0 Å². The Morgan fingerprint density at radius 1 is 0.404 bits per heavy atom. The number of benzene rings is 7. The summed E-state index contributed by atoms with van der Waals surface area (Å²) in [5, 5.41) is 8.01. The number of pyridine rings is 1. The maximum absolute atomic E-state index is 5.39. The van der Waals surface area contributed by atoms with Crippen LogP contribution in [-0.2, 0) is 5.41 Å². The molecule has 8 aromatic rings. The summed E-state index contributed by atoms with van der Waals surface area (Å²) < 4.78 is 0. The predicted molar refractivity (Wildman–Crippen MR) is 216 cm³/mol. The topological polar surface area (TPSA) is 12.9 Å². The first-order chi connectivity index (χ1) is 25.7. The Balaban J connectivity index is 1.06. The molecule has 0 atom stereocenters. The van der Waals surface area contributed by atoms with Crippen LogP contribution in [0.4, 0.5) is 0 Å². The second-order valence-electron chi connectivity index (χ2n) is 16.4. The van der Waals surface area contributed by atoms with Crippen LogP contribution < -0.4 is 0 Å². The first-order valence-corrected chi connectivity index (χ1v) is 19.4. The summed E-state index contributed by atoms with van der Waals surface area (Å²) in [5.74, 6) is 3.29. The summed E-state index contributed by atoms with van der Waals surface area (Å²) in [6, 6.07) is 56.9. The van der Waals surface area contributed by atoms with Gasteiger partial charge in [0.05, 0.1) is 11.4 Å². The highest BCUT2D eigenvalue weighted by Gasteiger charge is 2.62.